The number of carboxylic acid groups (broad SMARTS) is 2. The third-order valence-corrected chi connectivity index (χ3v) is 4.75. The number of rotatable bonds is 4. The van der Waals surface area contributed by atoms with Crippen LogP contribution in [0.5, 0.6) is 0 Å². The smallest absolute Gasteiger partial charge is 0.414 e. The van der Waals surface area contributed by atoms with E-state index in [0.29, 0.717) is 0 Å². The molecule has 1 unspecified atom stereocenters. The van der Waals surface area contributed by atoms with Crippen molar-refractivity contribution in [2.75, 3.05) is 44.8 Å². The summed E-state index contributed by atoms with van der Waals surface area (Å²) in [6.45, 7) is 5.95. The van der Waals surface area contributed by atoms with Crippen LogP contribution in [-0.2, 0) is 14.4 Å². The normalized spacial score (nSPS) is 16.1. The van der Waals surface area contributed by atoms with Gasteiger partial charge >= 0.3 is 11.9 Å². The Bertz CT molecular complexity index is 603. The van der Waals surface area contributed by atoms with Crippen LogP contribution in [0.3, 0.4) is 0 Å². The van der Waals surface area contributed by atoms with Gasteiger partial charge in [0.25, 0.3) is 0 Å². The second-order valence-electron chi connectivity index (χ2n) is 5.84. The number of hydrogen-bond donors (Lipinski definition) is 3. The van der Waals surface area contributed by atoms with Gasteiger partial charge in [0.2, 0.25) is 5.91 Å². The fraction of sp³-hybridized carbons (Fsp3) is 0.471. The number of piperazine rings is 1. The maximum Gasteiger partial charge on any atom is 0.414 e. The lowest BCUT2D eigenvalue weighted by Crippen LogP contribution is -2.51. The van der Waals surface area contributed by atoms with Gasteiger partial charge in [0.05, 0.1) is 6.04 Å². The Morgan fingerprint density at radius 2 is 1.54 bits per heavy atom. The molecule has 2 rings (SSSR count). The molecule has 1 aliphatic rings. The van der Waals surface area contributed by atoms with Crippen LogP contribution >= 0.6 is 11.8 Å². The van der Waals surface area contributed by atoms with Gasteiger partial charge < -0.3 is 20.4 Å². The summed E-state index contributed by atoms with van der Waals surface area (Å²) in [7, 11) is 2.12. The molecule has 0 saturated carbocycles. The summed E-state index contributed by atoms with van der Waals surface area (Å²) in [5.41, 5.74) is 0.869. The highest BCUT2D eigenvalue weighted by molar-refractivity contribution is 7.98. The predicted octanol–water partition coefficient (Wildman–Crippen LogP) is 1.14. The number of nitrogens with zero attached hydrogens (tertiary/aromatic N) is 2. The van der Waals surface area contributed by atoms with Gasteiger partial charge in [-0.1, -0.05) is 0 Å². The average molecular weight is 383 g/mol. The Labute approximate surface area is 157 Å². The number of benzene rings is 1. The molecule has 1 atom stereocenters. The van der Waals surface area contributed by atoms with Crippen LogP contribution in [0.15, 0.2) is 29.2 Å². The second kappa shape index (κ2) is 10.8. The van der Waals surface area contributed by atoms with Crippen molar-refractivity contribution in [3.63, 3.8) is 0 Å². The van der Waals surface area contributed by atoms with Crippen molar-refractivity contribution in [1.82, 2.24) is 9.80 Å². The van der Waals surface area contributed by atoms with Crippen LogP contribution in [0.1, 0.15) is 6.92 Å². The van der Waals surface area contributed by atoms with E-state index in [-0.39, 0.29) is 11.9 Å². The number of anilines is 1. The molecule has 144 valence electrons. The van der Waals surface area contributed by atoms with E-state index in [1.807, 2.05) is 37.4 Å². The number of thioether (sulfide) groups is 1. The highest BCUT2D eigenvalue weighted by Gasteiger charge is 2.24. The highest BCUT2D eigenvalue weighted by Crippen LogP contribution is 2.18. The third-order valence-electron chi connectivity index (χ3n) is 4.01. The van der Waals surface area contributed by atoms with E-state index in [0.717, 1.165) is 31.9 Å². The first-order valence-corrected chi connectivity index (χ1v) is 9.30. The minimum atomic E-state index is -1.82. The Balaban J connectivity index is 0.000000487. The molecule has 9 heteroatoms. The van der Waals surface area contributed by atoms with Crippen molar-refractivity contribution >= 4 is 35.3 Å². The summed E-state index contributed by atoms with van der Waals surface area (Å²) in [6.07, 6.45) is 2.04. The third kappa shape index (κ3) is 7.42. The number of carbonyl (C=O) groups is 3. The van der Waals surface area contributed by atoms with Crippen molar-refractivity contribution in [3.05, 3.63) is 24.3 Å². The number of likely N-dealkylation sites (N-methyl/N-ethyl adjacent to an activating group) is 1. The molecule has 26 heavy (non-hydrogen) atoms. The lowest BCUT2D eigenvalue weighted by atomic mass is 10.2. The molecule has 0 aromatic heterocycles. The molecule has 1 fully saturated rings. The lowest BCUT2D eigenvalue weighted by molar-refractivity contribution is -0.159. The summed E-state index contributed by atoms with van der Waals surface area (Å²) in [5.74, 6) is -3.57. The molecule has 1 aromatic rings. The number of carbonyl (C=O) groups excluding carboxylic acids is 1. The molecule has 0 radical (unpaired) electrons. The molecular formula is C17H25N3O5S. The van der Waals surface area contributed by atoms with E-state index >= 15 is 0 Å². The SMILES string of the molecule is CSc1ccc(NC(=O)C(C)N2CCN(C)CC2)cc1.O=C(O)C(=O)O. The fourth-order valence-electron chi connectivity index (χ4n) is 2.30. The molecule has 1 aromatic carbocycles. The summed E-state index contributed by atoms with van der Waals surface area (Å²) in [4.78, 5) is 36.2. The van der Waals surface area contributed by atoms with Crippen molar-refractivity contribution in [2.24, 2.45) is 0 Å². The number of amides is 1. The first kappa shape index (κ1) is 21.9. The number of nitrogens with one attached hydrogen (secondary N) is 1. The zero-order valence-corrected chi connectivity index (χ0v) is 16.0. The number of carboxylic acids is 2. The maximum absolute atomic E-state index is 12.3. The first-order chi connectivity index (χ1) is 12.2. The lowest BCUT2D eigenvalue weighted by Gasteiger charge is -2.35. The molecule has 8 nitrogen and oxygen atoms in total. The van der Waals surface area contributed by atoms with E-state index < -0.39 is 11.9 Å². The summed E-state index contributed by atoms with van der Waals surface area (Å²) in [6, 6.07) is 7.89. The first-order valence-electron chi connectivity index (χ1n) is 8.08. The standard InChI is InChI=1S/C15H23N3OS.C2H2O4/c1-12(18-10-8-17(2)9-11-18)15(19)16-13-4-6-14(20-3)7-5-13;3-1(4)2(5)6/h4-7,12H,8-11H2,1-3H3,(H,16,19);(H,3,4)(H,5,6). The molecular weight excluding hydrogens is 358 g/mol. The van der Waals surface area contributed by atoms with Crippen LogP contribution in [0.25, 0.3) is 0 Å². The van der Waals surface area contributed by atoms with E-state index in [9.17, 15) is 4.79 Å². The molecule has 0 bridgehead atoms. The quantitative estimate of drug-likeness (QED) is 0.524. The highest BCUT2D eigenvalue weighted by atomic mass is 32.2. The van der Waals surface area contributed by atoms with E-state index in [1.165, 1.54) is 4.90 Å². The Morgan fingerprint density at radius 3 is 1.96 bits per heavy atom. The molecule has 1 heterocycles. The van der Waals surface area contributed by atoms with Gasteiger partial charge in [0.15, 0.2) is 0 Å². The summed E-state index contributed by atoms with van der Waals surface area (Å²) >= 11 is 1.70. The molecule has 3 N–H and O–H groups in total. The second-order valence-corrected chi connectivity index (χ2v) is 6.72. The maximum atomic E-state index is 12.3. The zero-order chi connectivity index (χ0) is 19.7. The summed E-state index contributed by atoms with van der Waals surface area (Å²) in [5, 5.41) is 17.8. The fourth-order valence-corrected chi connectivity index (χ4v) is 2.70. The van der Waals surface area contributed by atoms with Gasteiger partial charge in [-0.25, -0.2) is 9.59 Å². The average Bonchev–Trinajstić information content (AvgIpc) is 2.62. The van der Waals surface area contributed by atoms with Gasteiger partial charge in [-0.15, -0.1) is 11.8 Å². The number of hydrogen-bond acceptors (Lipinski definition) is 6. The molecule has 1 aliphatic heterocycles. The number of aliphatic carboxylic acids is 2. The van der Waals surface area contributed by atoms with E-state index in [4.69, 9.17) is 19.8 Å². The molecule has 0 spiro atoms. The zero-order valence-electron chi connectivity index (χ0n) is 15.1. The van der Waals surface area contributed by atoms with Gasteiger partial charge in [0, 0.05) is 36.8 Å². The van der Waals surface area contributed by atoms with Gasteiger partial charge in [0.1, 0.15) is 0 Å². The van der Waals surface area contributed by atoms with Crippen LogP contribution in [-0.4, -0.2) is 83.4 Å². The molecule has 0 aliphatic carbocycles. The van der Waals surface area contributed by atoms with Gasteiger partial charge in [-0.05, 0) is 44.5 Å². The largest absolute Gasteiger partial charge is 0.473 e. The van der Waals surface area contributed by atoms with Gasteiger partial charge in [-0.2, -0.15) is 0 Å². The molecule has 1 amide bonds. The Hall–Kier alpha value is -2.10. The van der Waals surface area contributed by atoms with E-state index in [1.54, 1.807) is 11.8 Å². The van der Waals surface area contributed by atoms with Crippen LogP contribution in [0.4, 0.5) is 5.69 Å². The topological polar surface area (TPSA) is 110 Å². The minimum absolute atomic E-state index is 0.0754. The van der Waals surface area contributed by atoms with Crippen molar-refractivity contribution in [1.29, 1.82) is 0 Å². The predicted molar refractivity (Wildman–Crippen MR) is 101 cm³/mol. The molecule has 1 saturated heterocycles. The monoisotopic (exact) mass is 383 g/mol. The van der Waals surface area contributed by atoms with Gasteiger partial charge in [-0.3, -0.25) is 9.69 Å². The van der Waals surface area contributed by atoms with Crippen molar-refractivity contribution in [3.8, 4) is 0 Å². The van der Waals surface area contributed by atoms with Crippen LogP contribution in [0, 0.1) is 0 Å². The minimum Gasteiger partial charge on any atom is -0.473 e. The van der Waals surface area contributed by atoms with Crippen molar-refractivity contribution < 1.29 is 24.6 Å². The van der Waals surface area contributed by atoms with E-state index in [2.05, 4.69) is 22.2 Å². The van der Waals surface area contributed by atoms with Crippen LogP contribution < -0.4 is 5.32 Å². The Kier molecular flexibility index (Phi) is 9.11. The van der Waals surface area contributed by atoms with Crippen molar-refractivity contribution in [2.45, 2.75) is 17.9 Å². The summed E-state index contributed by atoms with van der Waals surface area (Å²) < 4.78 is 0. The van der Waals surface area contributed by atoms with Crippen LogP contribution in [0.2, 0.25) is 0 Å². The Morgan fingerprint density at radius 1 is 1.04 bits per heavy atom.